The van der Waals surface area contributed by atoms with Gasteiger partial charge in [0.2, 0.25) is 0 Å². The Kier molecular flexibility index (Phi) is 2.36. The molecule has 2 aromatic heterocycles. The average Bonchev–Trinajstić information content (AvgIpc) is 2.76. The van der Waals surface area contributed by atoms with Crippen LogP contribution in [0.25, 0.3) is 5.65 Å². The molecule has 0 aliphatic carbocycles. The van der Waals surface area contributed by atoms with Crippen LogP contribution in [-0.4, -0.2) is 33.6 Å². The van der Waals surface area contributed by atoms with E-state index in [1.807, 2.05) is 4.90 Å². The largest absolute Gasteiger partial charge is 0.397 e. The van der Waals surface area contributed by atoms with Crippen LogP contribution < -0.4 is 10.6 Å². The Labute approximate surface area is 102 Å². The summed E-state index contributed by atoms with van der Waals surface area (Å²) in [5.41, 5.74) is 7.77. The molecule has 0 atom stereocenters. The van der Waals surface area contributed by atoms with Crippen molar-refractivity contribution < 1.29 is 8.78 Å². The monoisotopic (exact) mass is 253 g/mol. The number of nitrogen functional groups attached to an aromatic ring is 1. The molecule has 0 radical (unpaired) electrons. The Bertz CT molecular complexity index is 570. The number of piperidine rings is 1. The number of halogens is 2. The minimum Gasteiger partial charge on any atom is -0.397 e. The van der Waals surface area contributed by atoms with E-state index in [-0.39, 0.29) is 12.8 Å². The van der Waals surface area contributed by atoms with Crippen LogP contribution in [0.1, 0.15) is 12.8 Å². The molecule has 7 heteroatoms. The number of fused-ring (bicyclic) bond motifs is 1. The molecule has 18 heavy (non-hydrogen) atoms. The maximum Gasteiger partial charge on any atom is 0.251 e. The molecule has 0 bridgehead atoms. The molecular weight excluding hydrogens is 240 g/mol. The third-order valence-electron chi connectivity index (χ3n) is 3.23. The van der Waals surface area contributed by atoms with Gasteiger partial charge in [-0.25, -0.2) is 8.78 Å². The maximum atomic E-state index is 13.1. The molecule has 1 saturated heterocycles. The minimum atomic E-state index is -2.55. The standard InChI is InChI=1S/C11H13F2N5/c12-11(13)1-3-17(4-2-11)9-5-8(14)6-18-7-15-16-10(9)18/h5-7H,1-4,14H2. The molecule has 0 aromatic carbocycles. The van der Waals surface area contributed by atoms with Crippen molar-refractivity contribution in [3.8, 4) is 0 Å². The Morgan fingerprint density at radius 3 is 2.72 bits per heavy atom. The predicted octanol–water partition coefficient (Wildman–Crippen LogP) is 1.55. The van der Waals surface area contributed by atoms with Crippen molar-refractivity contribution in [3.63, 3.8) is 0 Å². The van der Waals surface area contributed by atoms with Crippen LogP contribution in [0.15, 0.2) is 18.6 Å². The van der Waals surface area contributed by atoms with Gasteiger partial charge >= 0.3 is 0 Å². The lowest BCUT2D eigenvalue weighted by atomic mass is 10.1. The van der Waals surface area contributed by atoms with Gasteiger partial charge in [-0.2, -0.15) is 0 Å². The zero-order chi connectivity index (χ0) is 12.8. The van der Waals surface area contributed by atoms with Crippen molar-refractivity contribution >= 4 is 17.0 Å². The summed E-state index contributed by atoms with van der Waals surface area (Å²) in [6, 6.07) is 1.76. The summed E-state index contributed by atoms with van der Waals surface area (Å²) in [5, 5.41) is 7.81. The van der Waals surface area contributed by atoms with E-state index >= 15 is 0 Å². The molecule has 2 N–H and O–H groups in total. The summed E-state index contributed by atoms with van der Waals surface area (Å²) in [4.78, 5) is 1.89. The van der Waals surface area contributed by atoms with E-state index in [2.05, 4.69) is 10.2 Å². The van der Waals surface area contributed by atoms with Crippen molar-refractivity contribution in [2.24, 2.45) is 0 Å². The first kappa shape index (κ1) is 11.2. The van der Waals surface area contributed by atoms with Crippen molar-refractivity contribution in [1.82, 2.24) is 14.6 Å². The Balaban J connectivity index is 1.97. The lowest BCUT2D eigenvalue weighted by Gasteiger charge is -2.33. The molecular formula is C11H13F2N5. The molecule has 1 aliphatic rings. The van der Waals surface area contributed by atoms with Crippen molar-refractivity contribution in [3.05, 3.63) is 18.6 Å². The van der Waals surface area contributed by atoms with E-state index in [4.69, 9.17) is 5.73 Å². The lowest BCUT2D eigenvalue weighted by Crippen LogP contribution is -2.39. The fourth-order valence-corrected chi connectivity index (χ4v) is 2.25. The summed E-state index contributed by atoms with van der Waals surface area (Å²) in [6.45, 7) is 0.609. The molecule has 2 aromatic rings. The van der Waals surface area contributed by atoms with Gasteiger partial charge in [-0.1, -0.05) is 0 Å². The highest BCUT2D eigenvalue weighted by Gasteiger charge is 2.34. The summed E-state index contributed by atoms with van der Waals surface area (Å²) < 4.78 is 28.0. The molecule has 0 saturated carbocycles. The molecule has 0 amide bonds. The quantitative estimate of drug-likeness (QED) is 0.837. The normalized spacial score (nSPS) is 19.3. The van der Waals surface area contributed by atoms with Crippen molar-refractivity contribution in [2.45, 2.75) is 18.8 Å². The van der Waals surface area contributed by atoms with Crippen molar-refractivity contribution in [2.75, 3.05) is 23.7 Å². The van der Waals surface area contributed by atoms with Gasteiger partial charge < -0.3 is 10.6 Å². The van der Waals surface area contributed by atoms with Gasteiger partial charge in [-0.05, 0) is 6.07 Å². The number of nitrogens with zero attached hydrogens (tertiary/aromatic N) is 4. The van der Waals surface area contributed by atoms with E-state index in [0.717, 1.165) is 5.69 Å². The topological polar surface area (TPSA) is 59.5 Å². The number of hydrogen-bond acceptors (Lipinski definition) is 4. The predicted molar refractivity (Wildman–Crippen MR) is 63.8 cm³/mol. The average molecular weight is 253 g/mol. The van der Waals surface area contributed by atoms with Crippen LogP contribution in [-0.2, 0) is 0 Å². The Morgan fingerprint density at radius 1 is 1.28 bits per heavy atom. The SMILES string of the molecule is Nc1cc(N2CCC(F)(F)CC2)c2nncn2c1. The molecule has 0 spiro atoms. The fraction of sp³-hybridized carbons (Fsp3) is 0.455. The summed E-state index contributed by atoms with van der Waals surface area (Å²) in [6.07, 6.45) is 2.98. The molecule has 1 fully saturated rings. The Hall–Kier alpha value is -1.92. The fourth-order valence-electron chi connectivity index (χ4n) is 2.25. The summed E-state index contributed by atoms with van der Waals surface area (Å²) in [7, 11) is 0. The third-order valence-corrected chi connectivity index (χ3v) is 3.23. The second kappa shape index (κ2) is 3.79. The zero-order valence-electron chi connectivity index (χ0n) is 9.68. The van der Waals surface area contributed by atoms with E-state index < -0.39 is 5.92 Å². The first-order valence-corrected chi connectivity index (χ1v) is 5.77. The lowest BCUT2D eigenvalue weighted by molar-refractivity contribution is -0.0220. The van der Waals surface area contributed by atoms with E-state index in [9.17, 15) is 8.78 Å². The summed E-state index contributed by atoms with van der Waals surface area (Å²) in [5.74, 6) is -2.55. The van der Waals surface area contributed by atoms with Crippen LogP contribution in [0.5, 0.6) is 0 Å². The zero-order valence-corrected chi connectivity index (χ0v) is 9.68. The number of aromatic nitrogens is 3. The van der Waals surface area contributed by atoms with Gasteiger partial charge in [0, 0.05) is 32.1 Å². The molecule has 96 valence electrons. The molecule has 3 heterocycles. The van der Waals surface area contributed by atoms with Crippen LogP contribution in [0, 0.1) is 0 Å². The highest BCUT2D eigenvalue weighted by Crippen LogP contribution is 2.32. The first-order chi connectivity index (χ1) is 8.55. The van der Waals surface area contributed by atoms with Crippen molar-refractivity contribution in [1.29, 1.82) is 0 Å². The molecule has 5 nitrogen and oxygen atoms in total. The number of alkyl halides is 2. The smallest absolute Gasteiger partial charge is 0.251 e. The first-order valence-electron chi connectivity index (χ1n) is 5.77. The highest BCUT2D eigenvalue weighted by molar-refractivity contribution is 5.72. The maximum absolute atomic E-state index is 13.1. The van der Waals surface area contributed by atoms with Crippen LogP contribution in [0.3, 0.4) is 0 Å². The second-order valence-electron chi connectivity index (χ2n) is 4.56. The number of pyridine rings is 1. The van der Waals surface area contributed by atoms with Gasteiger partial charge in [0.25, 0.3) is 5.92 Å². The number of hydrogen-bond donors (Lipinski definition) is 1. The van der Waals surface area contributed by atoms with Gasteiger partial charge in [-0.3, -0.25) is 4.40 Å². The number of rotatable bonds is 1. The second-order valence-corrected chi connectivity index (χ2v) is 4.56. The minimum absolute atomic E-state index is 0.137. The number of anilines is 2. The van der Waals surface area contributed by atoms with Crippen LogP contribution >= 0.6 is 0 Å². The van der Waals surface area contributed by atoms with Gasteiger partial charge in [-0.15, -0.1) is 10.2 Å². The Morgan fingerprint density at radius 2 is 2.00 bits per heavy atom. The third kappa shape index (κ3) is 1.85. The van der Waals surface area contributed by atoms with Crippen LogP contribution in [0.4, 0.5) is 20.2 Å². The summed E-state index contributed by atoms with van der Waals surface area (Å²) >= 11 is 0. The number of nitrogens with two attached hydrogens (primary N) is 1. The van der Waals surface area contributed by atoms with Crippen LogP contribution in [0.2, 0.25) is 0 Å². The van der Waals surface area contributed by atoms with E-state index in [1.54, 1.807) is 23.0 Å². The van der Waals surface area contributed by atoms with Gasteiger partial charge in [0.05, 0.1) is 11.4 Å². The van der Waals surface area contributed by atoms with E-state index in [0.29, 0.717) is 24.4 Å². The highest BCUT2D eigenvalue weighted by atomic mass is 19.3. The molecule has 0 unspecified atom stereocenters. The van der Waals surface area contributed by atoms with Gasteiger partial charge in [0.1, 0.15) is 6.33 Å². The molecule has 1 aliphatic heterocycles. The van der Waals surface area contributed by atoms with Gasteiger partial charge in [0.15, 0.2) is 5.65 Å². The molecule has 3 rings (SSSR count). The van der Waals surface area contributed by atoms with E-state index in [1.165, 1.54) is 0 Å².